The second kappa shape index (κ2) is 5.78. The lowest BCUT2D eigenvalue weighted by molar-refractivity contribution is 0.679. The van der Waals surface area contributed by atoms with Gasteiger partial charge in [-0.05, 0) is 37.5 Å². The highest BCUT2D eigenvalue weighted by molar-refractivity contribution is 5.66. The first-order valence-electron chi connectivity index (χ1n) is 6.76. The van der Waals surface area contributed by atoms with Gasteiger partial charge in [-0.25, -0.2) is 0 Å². The van der Waals surface area contributed by atoms with Gasteiger partial charge in [-0.3, -0.25) is 4.79 Å². The van der Waals surface area contributed by atoms with E-state index in [1.165, 1.54) is 0 Å². The number of aromatic nitrogens is 3. The van der Waals surface area contributed by atoms with Gasteiger partial charge in [0.2, 0.25) is 0 Å². The zero-order chi connectivity index (χ0) is 13.8. The molecule has 0 aliphatic heterocycles. The molecule has 4 nitrogen and oxygen atoms in total. The van der Waals surface area contributed by atoms with Crippen LogP contribution in [0.2, 0.25) is 0 Å². The molecule has 0 N–H and O–H groups in total. The maximum absolute atomic E-state index is 12.1. The van der Waals surface area contributed by atoms with Gasteiger partial charge >= 0.3 is 0 Å². The molecule has 2 aromatic heterocycles. The number of hydrogen-bond acceptors (Lipinski definition) is 3. The Kier molecular flexibility index (Phi) is 4.10. The predicted octanol–water partition coefficient (Wildman–Crippen LogP) is 2.45. The third-order valence-electron chi connectivity index (χ3n) is 3.36. The van der Waals surface area contributed by atoms with E-state index in [1.54, 1.807) is 12.3 Å². The van der Waals surface area contributed by atoms with E-state index in [2.05, 4.69) is 24.0 Å². The second-order valence-corrected chi connectivity index (χ2v) is 4.39. The molecule has 2 heterocycles. The Bertz CT molecular complexity index is 617. The van der Waals surface area contributed by atoms with Gasteiger partial charge in [0.1, 0.15) is 0 Å². The fourth-order valence-electron chi connectivity index (χ4n) is 2.49. The molecule has 0 unspecified atom stereocenters. The summed E-state index contributed by atoms with van der Waals surface area (Å²) in [5.41, 5.74) is 4.08. The van der Waals surface area contributed by atoms with Crippen LogP contribution in [-0.2, 0) is 19.4 Å². The van der Waals surface area contributed by atoms with E-state index in [0.717, 1.165) is 35.4 Å². The van der Waals surface area contributed by atoms with Crippen molar-refractivity contribution in [2.24, 2.45) is 0 Å². The summed E-state index contributed by atoms with van der Waals surface area (Å²) in [7, 11) is 0. The van der Waals surface area contributed by atoms with Crippen LogP contribution in [0.4, 0.5) is 0 Å². The van der Waals surface area contributed by atoms with E-state index in [0.29, 0.717) is 6.54 Å². The van der Waals surface area contributed by atoms with Gasteiger partial charge in [0.15, 0.2) is 0 Å². The third kappa shape index (κ3) is 2.43. The van der Waals surface area contributed by atoms with Crippen molar-refractivity contribution in [2.45, 2.75) is 40.2 Å². The van der Waals surface area contributed by atoms with Crippen molar-refractivity contribution in [1.29, 1.82) is 0 Å². The van der Waals surface area contributed by atoms with E-state index in [-0.39, 0.29) is 5.56 Å². The molecule has 0 atom stereocenters. The number of nitrogens with zero attached hydrogens (tertiary/aromatic N) is 3. The maximum atomic E-state index is 12.1. The smallest absolute Gasteiger partial charge is 0.251 e. The van der Waals surface area contributed by atoms with Crippen LogP contribution in [-0.4, -0.2) is 14.8 Å². The highest BCUT2D eigenvalue weighted by atomic mass is 16.1. The molecule has 0 aliphatic rings. The van der Waals surface area contributed by atoms with E-state index in [9.17, 15) is 4.79 Å². The Hall–Kier alpha value is -1.97. The monoisotopic (exact) mass is 257 g/mol. The van der Waals surface area contributed by atoms with E-state index in [1.807, 2.05) is 23.6 Å². The summed E-state index contributed by atoms with van der Waals surface area (Å²) < 4.78 is 1.82. The first kappa shape index (κ1) is 13.5. The van der Waals surface area contributed by atoms with Crippen LogP contribution in [0.1, 0.15) is 32.0 Å². The summed E-state index contributed by atoms with van der Waals surface area (Å²) in [6, 6.07) is 5.56. The van der Waals surface area contributed by atoms with Gasteiger partial charge in [0.05, 0.1) is 5.69 Å². The molecule has 0 saturated heterocycles. The Balaban J connectivity index is 2.80. The molecular weight excluding hydrogens is 238 g/mol. The molecule has 0 radical (unpaired) electrons. The first-order chi connectivity index (χ1) is 9.22. The first-order valence-corrected chi connectivity index (χ1v) is 6.76. The highest BCUT2D eigenvalue weighted by Crippen LogP contribution is 2.25. The molecule has 0 spiro atoms. The van der Waals surface area contributed by atoms with Crippen molar-refractivity contribution in [3.05, 3.63) is 46.0 Å². The molecule has 0 aromatic carbocycles. The fraction of sp³-hybridized carbons (Fsp3) is 0.400. The second-order valence-electron chi connectivity index (χ2n) is 4.39. The standard InChI is InChI=1S/C15H19N3O/c1-4-11-10-14(19)18(6-3)13(5-2)15(11)12-8-7-9-16-17-12/h7-10H,4-6H2,1-3H3. The van der Waals surface area contributed by atoms with E-state index < -0.39 is 0 Å². The van der Waals surface area contributed by atoms with Gasteiger partial charge in [-0.2, -0.15) is 10.2 Å². The minimum atomic E-state index is 0.0730. The quantitative estimate of drug-likeness (QED) is 0.845. The van der Waals surface area contributed by atoms with Gasteiger partial charge < -0.3 is 4.57 Å². The van der Waals surface area contributed by atoms with Crippen LogP contribution in [0, 0.1) is 0 Å². The third-order valence-corrected chi connectivity index (χ3v) is 3.36. The Morgan fingerprint density at radius 2 is 2.00 bits per heavy atom. The maximum Gasteiger partial charge on any atom is 0.251 e. The predicted molar refractivity (Wildman–Crippen MR) is 76.2 cm³/mol. The number of pyridine rings is 1. The molecule has 100 valence electrons. The summed E-state index contributed by atoms with van der Waals surface area (Å²) >= 11 is 0. The van der Waals surface area contributed by atoms with Crippen molar-refractivity contribution < 1.29 is 0 Å². The molecule has 19 heavy (non-hydrogen) atoms. The molecule has 0 fully saturated rings. The number of rotatable bonds is 4. The summed E-state index contributed by atoms with van der Waals surface area (Å²) in [6.45, 7) is 6.80. The minimum Gasteiger partial charge on any atom is -0.312 e. The molecule has 0 bridgehead atoms. The summed E-state index contributed by atoms with van der Waals surface area (Å²) in [5, 5.41) is 8.16. The van der Waals surface area contributed by atoms with Crippen molar-refractivity contribution in [3.63, 3.8) is 0 Å². The van der Waals surface area contributed by atoms with Gasteiger partial charge in [-0.15, -0.1) is 0 Å². The summed E-state index contributed by atoms with van der Waals surface area (Å²) in [6.07, 6.45) is 3.29. The van der Waals surface area contributed by atoms with Crippen molar-refractivity contribution >= 4 is 0 Å². The summed E-state index contributed by atoms with van der Waals surface area (Å²) in [5.74, 6) is 0. The average Bonchev–Trinajstić information content (AvgIpc) is 2.46. The lowest BCUT2D eigenvalue weighted by atomic mass is 9.99. The zero-order valence-electron chi connectivity index (χ0n) is 11.7. The molecule has 4 heteroatoms. The number of hydrogen-bond donors (Lipinski definition) is 0. The van der Waals surface area contributed by atoms with Crippen molar-refractivity contribution in [1.82, 2.24) is 14.8 Å². The minimum absolute atomic E-state index is 0.0730. The van der Waals surface area contributed by atoms with Crippen molar-refractivity contribution in [2.75, 3.05) is 0 Å². The highest BCUT2D eigenvalue weighted by Gasteiger charge is 2.15. The summed E-state index contributed by atoms with van der Waals surface area (Å²) in [4.78, 5) is 12.1. The van der Waals surface area contributed by atoms with Crippen LogP contribution in [0.15, 0.2) is 29.2 Å². The van der Waals surface area contributed by atoms with Crippen LogP contribution < -0.4 is 5.56 Å². The van der Waals surface area contributed by atoms with E-state index in [4.69, 9.17) is 0 Å². The lowest BCUT2D eigenvalue weighted by Gasteiger charge is -2.17. The normalized spacial score (nSPS) is 10.7. The SMILES string of the molecule is CCc1cc(=O)n(CC)c(CC)c1-c1cccnn1. The van der Waals surface area contributed by atoms with Crippen LogP contribution >= 0.6 is 0 Å². The van der Waals surface area contributed by atoms with Crippen LogP contribution in [0.5, 0.6) is 0 Å². The largest absolute Gasteiger partial charge is 0.312 e. The van der Waals surface area contributed by atoms with Gasteiger partial charge in [0, 0.05) is 30.1 Å². The van der Waals surface area contributed by atoms with Crippen LogP contribution in [0.25, 0.3) is 11.3 Å². The lowest BCUT2D eigenvalue weighted by Crippen LogP contribution is -2.24. The van der Waals surface area contributed by atoms with Gasteiger partial charge in [0.25, 0.3) is 5.56 Å². The number of aryl methyl sites for hydroxylation is 1. The Labute approximate surface area is 113 Å². The van der Waals surface area contributed by atoms with Gasteiger partial charge in [-0.1, -0.05) is 13.8 Å². The molecular formula is C15H19N3O. The molecule has 0 saturated carbocycles. The fourth-order valence-corrected chi connectivity index (χ4v) is 2.49. The zero-order valence-corrected chi connectivity index (χ0v) is 11.7. The van der Waals surface area contributed by atoms with Crippen molar-refractivity contribution in [3.8, 4) is 11.3 Å². The Morgan fingerprint density at radius 3 is 2.53 bits per heavy atom. The molecule has 0 amide bonds. The molecule has 2 aromatic rings. The molecule has 2 rings (SSSR count). The topological polar surface area (TPSA) is 47.8 Å². The molecule has 0 aliphatic carbocycles. The Morgan fingerprint density at radius 1 is 1.21 bits per heavy atom. The average molecular weight is 257 g/mol. The van der Waals surface area contributed by atoms with Crippen LogP contribution in [0.3, 0.4) is 0 Å². The van der Waals surface area contributed by atoms with E-state index >= 15 is 0 Å².